The molecule has 1 aromatic heterocycles. The number of carbonyl (C=O) groups is 1. The minimum Gasteiger partial charge on any atom is -0.454 e. The average molecular weight is 442 g/mol. The van der Waals surface area contributed by atoms with Gasteiger partial charge in [-0.3, -0.25) is 4.79 Å². The topological polar surface area (TPSA) is 64.6 Å². The molecule has 2 bridgehead atoms. The molecule has 7 rings (SSSR count). The third-order valence-corrected chi connectivity index (χ3v) is 9.31. The third kappa shape index (κ3) is 2.17. The summed E-state index contributed by atoms with van der Waals surface area (Å²) in [6.07, 6.45) is 2.65. The van der Waals surface area contributed by atoms with Crippen LogP contribution in [0.25, 0.3) is 11.0 Å². The van der Waals surface area contributed by atoms with E-state index >= 15 is 0 Å². The lowest BCUT2D eigenvalue weighted by Gasteiger charge is -2.43. The highest BCUT2D eigenvalue weighted by molar-refractivity contribution is 5.93. The van der Waals surface area contributed by atoms with E-state index in [0.29, 0.717) is 18.0 Å². The van der Waals surface area contributed by atoms with Crippen molar-refractivity contribution in [2.24, 2.45) is 5.41 Å². The lowest BCUT2D eigenvalue weighted by molar-refractivity contribution is -0.142. The summed E-state index contributed by atoms with van der Waals surface area (Å²) in [6.45, 7) is 8.39. The second kappa shape index (κ2) is 6.04. The SMILES string of the molecule is CC12CCC(C(=O)N3CCc4ccccc4C3)(c3nc4cc5c(cc4nc31)OCO5)C2(C)C. The number of benzene rings is 2. The van der Waals surface area contributed by atoms with Gasteiger partial charge in [-0.25, -0.2) is 9.97 Å². The van der Waals surface area contributed by atoms with Crippen molar-refractivity contribution < 1.29 is 14.3 Å². The standard InChI is InChI=1S/C27H27N3O3/c1-25(2)26(3)9-10-27(25,24(31)30-11-8-16-6-4-5-7-17(16)14-30)23-22(26)28-18-12-20-21(33-15-32-20)13-19(18)29-23/h4-7,12-13H,8-11,14-15H2,1-3H3. The Kier molecular flexibility index (Phi) is 3.54. The van der Waals surface area contributed by atoms with E-state index in [4.69, 9.17) is 19.4 Å². The highest BCUT2D eigenvalue weighted by atomic mass is 16.7. The molecule has 0 spiro atoms. The van der Waals surface area contributed by atoms with Crippen molar-refractivity contribution in [3.05, 3.63) is 58.9 Å². The predicted molar refractivity (Wildman–Crippen MR) is 123 cm³/mol. The molecule has 3 aromatic rings. The maximum absolute atomic E-state index is 14.4. The second-order valence-electron chi connectivity index (χ2n) is 10.7. The summed E-state index contributed by atoms with van der Waals surface area (Å²) in [7, 11) is 0. The van der Waals surface area contributed by atoms with Crippen molar-refractivity contribution >= 4 is 16.9 Å². The fourth-order valence-corrected chi connectivity index (χ4v) is 6.91. The van der Waals surface area contributed by atoms with Crippen molar-refractivity contribution in [3.63, 3.8) is 0 Å². The summed E-state index contributed by atoms with van der Waals surface area (Å²) in [5.41, 5.74) is 4.87. The van der Waals surface area contributed by atoms with E-state index in [1.807, 2.05) is 12.1 Å². The number of rotatable bonds is 1. The van der Waals surface area contributed by atoms with Gasteiger partial charge in [-0.15, -0.1) is 0 Å². The van der Waals surface area contributed by atoms with Gasteiger partial charge in [0.2, 0.25) is 12.7 Å². The van der Waals surface area contributed by atoms with Crippen molar-refractivity contribution in [2.45, 2.75) is 57.4 Å². The number of hydrogen-bond donors (Lipinski definition) is 0. The van der Waals surface area contributed by atoms with Crippen LogP contribution in [0.15, 0.2) is 36.4 Å². The van der Waals surface area contributed by atoms with Crippen molar-refractivity contribution in [2.75, 3.05) is 13.3 Å². The van der Waals surface area contributed by atoms with E-state index in [2.05, 4.69) is 49.9 Å². The Morgan fingerprint density at radius 1 is 0.939 bits per heavy atom. The lowest BCUT2D eigenvalue weighted by Crippen LogP contribution is -2.53. The number of aromatic nitrogens is 2. The van der Waals surface area contributed by atoms with E-state index in [-0.39, 0.29) is 23.5 Å². The molecule has 168 valence electrons. The van der Waals surface area contributed by atoms with Gasteiger partial charge >= 0.3 is 0 Å². The molecule has 2 aliphatic carbocycles. The summed E-state index contributed by atoms with van der Waals surface area (Å²) < 4.78 is 11.2. The smallest absolute Gasteiger partial charge is 0.235 e. The van der Waals surface area contributed by atoms with E-state index in [0.717, 1.165) is 48.2 Å². The van der Waals surface area contributed by atoms with Crippen molar-refractivity contribution in [1.29, 1.82) is 0 Å². The van der Waals surface area contributed by atoms with Crippen LogP contribution in [0.1, 0.15) is 56.1 Å². The Labute approximate surface area is 192 Å². The minimum atomic E-state index is -0.666. The summed E-state index contributed by atoms with van der Waals surface area (Å²) in [5, 5.41) is 0. The molecule has 0 radical (unpaired) electrons. The zero-order valence-corrected chi connectivity index (χ0v) is 19.3. The van der Waals surface area contributed by atoms with Gasteiger partial charge in [-0.05, 0) is 35.8 Å². The molecule has 2 unspecified atom stereocenters. The van der Waals surface area contributed by atoms with Crippen LogP contribution in [0.3, 0.4) is 0 Å². The van der Waals surface area contributed by atoms with Gasteiger partial charge in [-0.2, -0.15) is 0 Å². The van der Waals surface area contributed by atoms with Gasteiger partial charge in [0.05, 0.1) is 27.8 Å². The maximum atomic E-state index is 14.4. The van der Waals surface area contributed by atoms with Crippen LogP contribution in [0.5, 0.6) is 11.5 Å². The normalized spacial score (nSPS) is 28.2. The first-order valence-corrected chi connectivity index (χ1v) is 11.8. The summed E-state index contributed by atoms with van der Waals surface area (Å²) >= 11 is 0. The number of ether oxygens (including phenoxy) is 2. The zero-order chi connectivity index (χ0) is 22.6. The molecule has 1 amide bonds. The maximum Gasteiger partial charge on any atom is 0.235 e. The van der Waals surface area contributed by atoms with Crippen LogP contribution in [0.2, 0.25) is 0 Å². The Hall–Kier alpha value is -3.15. The zero-order valence-electron chi connectivity index (χ0n) is 19.3. The minimum absolute atomic E-state index is 0.205. The Morgan fingerprint density at radius 3 is 2.33 bits per heavy atom. The summed E-state index contributed by atoms with van der Waals surface area (Å²) in [6, 6.07) is 12.3. The molecule has 33 heavy (non-hydrogen) atoms. The number of amides is 1. The molecule has 6 heteroatoms. The molecule has 3 heterocycles. The van der Waals surface area contributed by atoms with E-state index < -0.39 is 5.41 Å². The van der Waals surface area contributed by atoms with Crippen LogP contribution in [0, 0.1) is 5.41 Å². The monoisotopic (exact) mass is 441 g/mol. The first-order chi connectivity index (χ1) is 15.8. The van der Waals surface area contributed by atoms with Crippen LogP contribution in [-0.2, 0) is 28.6 Å². The van der Waals surface area contributed by atoms with Crippen LogP contribution in [-0.4, -0.2) is 34.1 Å². The van der Waals surface area contributed by atoms with E-state index in [1.54, 1.807) is 0 Å². The molecule has 1 fully saturated rings. The fraction of sp³-hybridized carbons (Fsp3) is 0.444. The van der Waals surface area contributed by atoms with E-state index in [1.165, 1.54) is 11.1 Å². The highest BCUT2D eigenvalue weighted by Crippen LogP contribution is 2.70. The van der Waals surface area contributed by atoms with E-state index in [9.17, 15) is 4.79 Å². The van der Waals surface area contributed by atoms with Crippen LogP contribution < -0.4 is 9.47 Å². The van der Waals surface area contributed by atoms with Gasteiger partial charge in [0.1, 0.15) is 0 Å². The number of hydrogen-bond acceptors (Lipinski definition) is 5. The molecule has 2 aliphatic heterocycles. The molecule has 0 saturated heterocycles. The Bertz CT molecular complexity index is 1370. The second-order valence-corrected chi connectivity index (χ2v) is 10.7. The molecule has 2 atom stereocenters. The van der Waals surface area contributed by atoms with Gasteiger partial charge in [0.15, 0.2) is 11.5 Å². The summed E-state index contributed by atoms with van der Waals surface area (Å²) in [4.78, 5) is 26.8. The number of carbonyl (C=O) groups excluding carboxylic acids is 1. The molecule has 6 nitrogen and oxygen atoms in total. The predicted octanol–water partition coefficient (Wildman–Crippen LogP) is 4.27. The van der Waals surface area contributed by atoms with Crippen LogP contribution in [0.4, 0.5) is 0 Å². The van der Waals surface area contributed by atoms with Crippen LogP contribution >= 0.6 is 0 Å². The quantitative estimate of drug-likeness (QED) is 0.564. The number of nitrogens with zero attached hydrogens (tertiary/aromatic N) is 3. The van der Waals surface area contributed by atoms with Gasteiger partial charge < -0.3 is 14.4 Å². The van der Waals surface area contributed by atoms with Gasteiger partial charge in [-0.1, -0.05) is 45.0 Å². The van der Waals surface area contributed by atoms with Crippen molar-refractivity contribution in [1.82, 2.24) is 14.9 Å². The van der Waals surface area contributed by atoms with Crippen molar-refractivity contribution in [3.8, 4) is 11.5 Å². The summed E-state index contributed by atoms with van der Waals surface area (Å²) in [5.74, 6) is 1.61. The molecule has 0 N–H and O–H groups in total. The fourth-order valence-electron chi connectivity index (χ4n) is 6.91. The first-order valence-electron chi connectivity index (χ1n) is 11.8. The average Bonchev–Trinajstić information content (AvgIpc) is 3.40. The Morgan fingerprint density at radius 2 is 1.61 bits per heavy atom. The molecule has 4 aliphatic rings. The number of fused-ring (bicyclic) bond motifs is 8. The molecule has 1 saturated carbocycles. The highest BCUT2D eigenvalue weighted by Gasteiger charge is 2.73. The van der Waals surface area contributed by atoms with Gasteiger partial charge in [0.25, 0.3) is 0 Å². The molecular weight excluding hydrogens is 414 g/mol. The lowest BCUT2D eigenvalue weighted by atomic mass is 9.63. The molecular formula is C27H27N3O3. The third-order valence-electron chi connectivity index (χ3n) is 9.31. The van der Waals surface area contributed by atoms with Gasteiger partial charge in [0, 0.05) is 30.6 Å². The first kappa shape index (κ1) is 19.3. The largest absolute Gasteiger partial charge is 0.454 e. The Balaban J connectivity index is 1.40. The molecule has 2 aromatic carbocycles.